The summed E-state index contributed by atoms with van der Waals surface area (Å²) < 4.78 is 5.02. The van der Waals surface area contributed by atoms with Crippen LogP contribution in [0.5, 0.6) is 0 Å². The smallest absolute Gasteiger partial charge is 0.338 e. The molecule has 178 valence electrons. The molecule has 0 unspecified atom stereocenters. The minimum atomic E-state index is -0.583. The van der Waals surface area contributed by atoms with Gasteiger partial charge >= 0.3 is 5.97 Å². The fraction of sp³-hybridized carbons (Fsp3) is 0.185. The van der Waals surface area contributed by atoms with Gasteiger partial charge in [-0.3, -0.25) is 14.5 Å². The van der Waals surface area contributed by atoms with E-state index >= 15 is 0 Å². The van der Waals surface area contributed by atoms with E-state index in [2.05, 4.69) is 10.3 Å². The number of nitrogens with one attached hydrogen (secondary N) is 1. The Kier molecular flexibility index (Phi) is 7.95. The standard InChI is InChI=1S/C27H25N3O4S/c1-2-34-26(33)20-13-15-22(16-14-20)29-27-30(18-19-9-5-3-6-10-19)25(32)23(35-27)17-24(31)28-21-11-7-4-8-12-21/h3-16,23H,2,17-18H2,1H3,(H,28,31)/t23-/m0/s1. The summed E-state index contributed by atoms with van der Waals surface area (Å²) >= 11 is 1.27. The number of anilines is 1. The Morgan fingerprint density at radius 2 is 1.63 bits per heavy atom. The van der Waals surface area contributed by atoms with Gasteiger partial charge in [0.2, 0.25) is 11.8 Å². The third-order valence-corrected chi connectivity index (χ3v) is 6.41. The van der Waals surface area contributed by atoms with Crippen molar-refractivity contribution in [3.8, 4) is 0 Å². The number of benzene rings is 3. The van der Waals surface area contributed by atoms with Crippen molar-refractivity contribution < 1.29 is 19.1 Å². The zero-order valence-electron chi connectivity index (χ0n) is 19.2. The molecule has 0 spiro atoms. The van der Waals surface area contributed by atoms with E-state index in [1.807, 2.05) is 48.5 Å². The maximum Gasteiger partial charge on any atom is 0.338 e. The second kappa shape index (κ2) is 11.5. The number of thioether (sulfide) groups is 1. The number of aliphatic imine (C=N–C) groups is 1. The van der Waals surface area contributed by atoms with Crippen molar-refractivity contribution in [3.63, 3.8) is 0 Å². The van der Waals surface area contributed by atoms with Crippen LogP contribution in [0, 0.1) is 0 Å². The molecule has 35 heavy (non-hydrogen) atoms. The van der Waals surface area contributed by atoms with E-state index in [-0.39, 0.29) is 18.2 Å². The number of hydrogen-bond donors (Lipinski definition) is 1. The monoisotopic (exact) mass is 487 g/mol. The number of amidine groups is 1. The van der Waals surface area contributed by atoms with Crippen molar-refractivity contribution in [2.75, 3.05) is 11.9 Å². The van der Waals surface area contributed by atoms with Crippen LogP contribution in [-0.2, 0) is 20.9 Å². The molecule has 0 saturated carbocycles. The lowest BCUT2D eigenvalue weighted by molar-refractivity contribution is -0.128. The van der Waals surface area contributed by atoms with E-state index in [0.29, 0.717) is 35.3 Å². The number of nitrogens with zero attached hydrogens (tertiary/aromatic N) is 2. The third kappa shape index (κ3) is 6.36. The first-order valence-electron chi connectivity index (χ1n) is 11.3. The maximum atomic E-state index is 13.3. The molecule has 0 bridgehead atoms. The van der Waals surface area contributed by atoms with E-state index in [1.54, 1.807) is 48.2 Å². The fourth-order valence-electron chi connectivity index (χ4n) is 3.54. The Labute approximate surface area is 208 Å². The first-order chi connectivity index (χ1) is 17.0. The lowest BCUT2D eigenvalue weighted by atomic mass is 10.2. The van der Waals surface area contributed by atoms with Gasteiger partial charge in [0.25, 0.3) is 0 Å². The van der Waals surface area contributed by atoms with Gasteiger partial charge in [0.15, 0.2) is 5.17 Å². The number of amides is 2. The van der Waals surface area contributed by atoms with Gasteiger partial charge in [-0.2, -0.15) is 0 Å². The summed E-state index contributed by atoms with van der Waals surface area (Å²) in [5, 5.41) is 2.77. The first kappa shape index (κ1) is 24.2. The molecule has 8 heteroatoms. The van der Waals surface area contributed by atoms with Crippen molar-refractivity contribution >= 4 is 46.1 Å². The second-order valence-electron chi connectivity index (χ2n) is 7.80. The van der Waals surface area contributed by atoms with Crippen LogP contribution in [0.1, 0.15) is 29.3 Å². The molecule has 1 N–H and O–H groups in total. The van der Waals surface area contributed by atoms with E-state index < -0.39 is 11.2 Å². The van der Waals surface area contributed by atoms with Gasteiger partial charge < -0.3 is 10.1 Å². The SMILES string of the molecule is CCOC(=O)c1ccc(N=C2S[C@@H](CC(=O)Nc3ccccc3)C(=O)N2Cc2ccccc2)cc1. The normalized spacial score (nSPS) is 16.4. The minimum Gasteiger partial charge on any atom is -0.462 e. The largest absolute Gasteiger partial charge is 0.462 e. The summed E-state index contributed by atoms with van der Waals surface area (Å²) in [7, 11) is 0. The van der Waals surface area contributed by atoms with Crippen LogP contribution in [0.2, 0.25) is 0 Å². The summed E-state index contributed by atoms with van der Waals surface area (Å²) in [6.07, 6.45) is 0.0322. The van der Waals surface area contributed by atoms with Gasteiger partial charge in [0, 0.05) is 12.1 Å². The summed E-state index contributed by atoms with van der Waals surface area (Å²) in [4.78, 5) is 44.1. The highest BCUT2D eigenvalue weighted by atomic mass is 32.2. The average Bonchev–Trinajstić information content (AvgIpc) is 3.14. The molecule has 1 atom stereocenters. The van der Waals surface area contributed by atoms with Crippen LogP contribution >= 0.6 is 11.8 Å². The molecule has 1 aliphatic heterocycles. The summed E-state index contributed by atoms with van der Waals surface area (Å²) in [5.41, 5.74) is 2.68. The molecule has 1 aliphatic rings. The van der Waals surface area contributed by atoms with Gasteiger partial charge in [-0.1, -0.05) is 60.3 Å². The van der Waals surface area contributed by atoms with Crippen molar-refractivity contribution in [1.82, 2.24) is 4.90 Å². The molecular weight excluding hydrogens is 462 g/mol. The van der Waals surface area contributed by atoms with Crippen LogP contribution in [0.3, 0.4) is 0 Å². The quantitative estimate of drug-likeness (QED) is 0.451. The highest BCUT2D eigenvalue weighted by Crippen LogP contribution is 2.33. The summed E-state index contributed by atoms with van der Waals surface area (Å²) in [5.74, 6) is -0.793. The lowest BCUT2D eigenvalue weighted by Crippen LogP contribution is -2.33. The zero-order chi connectivity index (χ0) is 24.6. The number of rotatable bonds is 8. The number of carbonyl (C=O) groups excluding carboxylic acids is 3. The Morgan fingerprint density at radius 1 is 0.971 bits per heavy atom. The van der Waals surface area contributed by atoms with E-state index in [0.717, 1.165) is 5.56 Å². The van der Waals surface area contributed by atoms with Gasteiger partial charge in [-0.05, 0) is 48.9 Å². The molecule has 1 fully saturated rings. The molecule has 3 aromatic rings. The fourth-order valence-corrected chi connectivity index (χ4v) is 4.69. The van der Waals surface area contributed by atoms with Gasteiger partial charge in [-0.15, -0.1) is 0 Å². The summed E-state index contributed by atoms with van der Waals surface area (Å²) in [6, 6.07) is 25.5. The van der Waals surface area contributed by atoms with Crippen molar-refractivity contribution in [2.24, 2.45) is 4.99 Å². The zero-order valence-corrected chi connectivity index (χ0v) is 20.0. The van der Waals surface area contributed by atoms with Crippen LogP contribution in [0.4, 0.5) is 11.4 Å². The molecule has 1 saturated heterocycles. The number of ether oxygens (including phenoxy) is 1. The highest BCUT2D eigenvalue weighted by molar-refractivity contribution is 8.15. The first-order valence-corrected chi connectivity index (χ1v) is 12.1. The Morgan fingerprint density at radius 3 is 2.29 bits per heavy atom. The topological polar surface area (TPSA) is 88.1 Å². The van der Waals surface area contributed by atoms with Crippen LogP contribution < -0.4 is 5.32 Å². The number of para-hydroxylation sites is 1. The lowest BCUT2D eigenvalue weighted by Gasteiger charge is -2.16. The minimum absolute atomic E-state index is 0.0322. The predicted molar refractivity (Wildman–Crippen MR) is 138 cm³/mol. The van der Waals surface area contributed by atoms with E-state index in [4.69, 9.17) is 4.74 Å². The molecule has 3 aromatic carbocycles. The van der Waals surface area contributed by atoms with E-state index in [1.165, 1.54) is 11.8 Å². The Hall–Kier alpha value is -3.91. The maximum absolute atomic E-state index is 13.3. The van der Waals surface area contributed by atoms with Gasteiger partial charge in [-0.25, -0.2) is 9.79 Å². The van der Waals surface area contributed by atoms with Crippen LogP contribution in [-0.4, -0.2) is 39.7 Å². The van der Waals surface area contributed by atoms with Crippen LogP contribution in [0.25, 0.3) is 0 Å². The second-order valence-corrected chi connectivity index (χ2v) is 8.97. The van der Waals surface area contributed by atoms with Crippen LogP contribution in [0.15, 0.2) is 89.9 Å². The molecule has 7 nitrogen and oxygen atoms in total. The van der Waals surface area contributed by atoms with Gasteiger partial charge in [0.05, 0.1) is 24.4 Å². The molecule has 0 aliphatic carbocycles. The third-order valence-electron chi connectivity index (χ3n) is 5.24. The molecule has 1 heterocycles. The number of hydrogen-bond acceptors (Lipinski definition) is 6. The van der Waals surface area contributed by atoms with Gasteiger partial charge in [0.1, 0.15) is 5.25 Å². The molecule has 0 radical (unpaired) electrons. The molecule has 4 rings (SSSR count). The predicted octanol–water partition coefficient (Wildman–Crippen LogP) is 5.02. The van der Waals surface area contributed by atoms with Crippen molar-refractivity contribution in [1.29, 1.82) is 0 Å². The molecule has 2 amide bonds. The Balaban J connectivity index is 1.54. The highest BCUT2D eigenvalue weighted by Gasteiger charge is 2.39. The average molecular weight is 488 g/mol. The Bertz CT molecular complexity index is 1210. The number of carbonyl (C=O) groups is 3. The molecular formula is C27H25N3O4S. The van der Waals surface area contributed by atoms with Crippen molar-refractivity contribution in [2.45, 2.75) is 25.1 Å². The number of esters is 1. The summed E-state index contributed by atoms with van der Waals surface area (Å²) in [6.45, 7) is 2.41. The van der Waals surface area contributed by atoms with E-state index in [9.17, 15) is 14.4 Å². The molecule has 0 aromatic heterocycles. The van der Waals surface area contributed by atoms with Crippen molar-refractivity contribution in [3.05, 3.63) is 96.1 Å².